The lowest BCUT2D eigenvalue weighted by atomic mass is 10.4. The third-order valence-corrected chi connectivity index (χ3v) is 1.55. The second kappa shape index (κ2) is 2.07. The molecule has 0 saturated carbocycles. The van der Waals surface area contributed by atoms with E-state index in [9.17, 15) is 4.79 Å². The Hall–Kier alpha value is -1.85. The fraction of sp³-hybridized carbons (Fsp3) is 0.167. The SMILES string of the molecule is Cn1nc(C(N)=O)c2ocnc21. The highest BCUT2D eigenvalue weighted by molar-refractivity contribution is 6.00. The van der Waals surface area contributed by atoms with Crippen molar-refractivity contribution in [3.05, 3.63) is 12.1 Å². The quantitative estimate of drug-likeness (QED) is 0.627. The van der Waals surface area contributed by atoms with Crippen LogP contribution in [0.15, 0.2) is 10.8 Å². The minimum atomic E-state index is -0.614. The number of aromatic nitrogens is 3. The minimum absolute atomic E-state index is 0.116. The van der Waals surface area contributed by atoms with Crippen LogP contribution < -0.4 is 5.73 Å². The van der Waals surface area contributed by atoms with E-state index in [0.717, 1.165) is 0 Å². The van der Waals surface area contributed by atoms with E-state index in [2.05, 4.69) is 10.1 Å². The molecule has 0 aromatic carbocycles. The number of rotatable bonds is 1. The Morgan fingerprint density at radius 2 is 2.50 bits per heavy atom. The molecule has 0 bridgehead atoms. The van der Waals surface area contributed by atoms with Gasteiger partial charge in [0.15, 0.2) is 17.7 Å². The summed E-state index contributed by atoms with van der Waals surface area (Å²) in [4.78, 5) is 14.6. The van der Waals surface area contributed by atoms with Crippen LogP contribution in [0.4, 0.5) is 0 Å². The molecule has 62 valence electrons. The Balaban J connectivity index is 2.83. The molecule has 0 unspecified atom stereocenters. The summed E-state index contributed by atoms with van der Waals surface area (Å²) in [5.74, 6) is -0.614. The third-order valence-electron chi connectivity index (χ3n) is 1.55. The van der Waals surface area contributed by atoms with Crippen molar-refractivity contribution in [2.24, 2.45) is 12.8 Å². The molecule has 0 aliphatic heterocycles. The molecule has 0 aliphatic carbocycles. The van der Waals surface area contributed by atoms with Crippen LogP contribution in [0.5, 0.6) is 0 Å². The first kappa shape index (κ1) is 6.84. The first-order valence-corrected chi connectivity index (χ1v) is 3.26. The number of hydrogen-bond donors (Lipinski definition) is 1. The zero-order valence-electron chi connectivity index (χ0n) is 6.31. The van der Waals surface area contributed by atoms with Crippen molar-refractivity contribution < 1.29 is 9.21 Å². The Labute approximate surface area is 67.0 Å². The number of aryl methyl sites for hydroxylation is 1. The van der Waals surface area contributed by atoms with Crippen molar-refractivity contribution in [2.75, 3.05) is 0 Å². The maximum absolute atomic E-state index is 10.8. The van der Waals surface area contributed by atoms with Gasteiger partial charge in [-0.15, -0.1) is 0 Å². The van der Waals surface area contributed by atoms with Gasteiger partial charge < -0.3 is 10.2 Å². The fourth-order valence-electron chi connectivity index (χ4n) is 1.04. The maximum Gasteiger partial charge on any atom is 0.273 e. The molecule has 6 nitrogen and oxygen atoms in total. The summed E-state index contributed by atoms with van der Waals surface area (Å²) in [6.07, 6.45) is 1.25. The molecule has 2 rings (SSSR count). The van der Waals surface area contributed by atoms with Gasteiger partial charge in [-0.2, -0.15) is 10.1 Å². The van der Waals surface area contributed by atoms with Crippen molar-refractivity contribution in [3.8, 4) is 0 Å². The van der Waals surface area contributed by atoms with Gasteiger partial charge in [-0.05, 0) is 0 Å². The van der Waals surface area contributed by atoms with Crippen LogP contribution in [-0.2, 0) is 7.05 Å². The molecule has 0 saturated heterocycles. The zero-order chi connectivity index (χ0) is 8.72. The predicted molar refractivity (Wildman–Crippen MR) is 39.3 cm³/mol. The number of fused-ring (bicyclic) bond motifs is 1. The highest BCUT2D eigenvalue weighted by Gasteiger charge is 2.16. The van der Waals surface area contributed by atoms with Crippen LogP contribution in [0, 0.1) is 0 Å². The molecule has 2 aromatic rings. The number of carbonyl (C=O) groups is 1. The van der Waals surface area contributed by atoms with Crippen LogP contribution in [0.3, 0.4) is 0 Å². The smallest absolute Gasteiger partial charge is 0.273 e. The molecule has 0 atom stereocenters. The summed E-state index contributed by atoms with van der Waals surface area (Å²) in [5, 5.41) is 3.84. The average molecular weight is 166 g/mol. The van der Waals surface area contributed by atoms with E-state index in [4.69, 9.17) is 10.2 Å². The van der Waals surface area contributed by atoms with Gasteiger partial charge in [0, 0.05) is 7.05 Å². The van der Waals surface area contributed by atoms with Crippen LogP contribution in [0.1, 0.15) is 10.5 Å². The van der Waals surface area contributed by atoms with Gasteiger partial charge in [-0.25, -0.2) is 4.68 Å². The maximum atomic E-state index is 10.8. The van der Waals surface area contributed by atoms with Crippen LogP contribution in [0.25, 0.3) is 11.2 Å². The minimum Gasteiger partial charge on any atom is -0.439 e. The Kier molecular flexibility index (Phi) is 1.18. The monoisotopic (exact) mass is 166 g/mol. The Morgan fingerprint density at radius 1 is 1.75 bits per heavy atom. The fourth-order valence-corrected chi connectivity index (χ4v) is 1.04. The number of nitrogens with zero attached hydrogens (tertiary/aromatic N) is 3. The first-order valence-electron chi connectivity index (χ1n) is 3.26. The molecule has 2 aromatic heterocycles. The van der Waals surface area contributed by atoms with E-state index in [0.29, 0.717) is 11.2 Å². The van der Waals surface area contributed by atoms with Gasteiger partial charge in [-0.1, -0.05) is 0 Å². The molecule has 0 fully saturated rings. The number of primary amides is 1. The topological polar surface area (TPSA) is 86.9 Å². The third kappa shape index (κ3) is 0.714. The summed E-state index contributed by atoms with van der Waals surface area (Å²) in [5.41, 5.74) is 6.02. The lowest BCUT2D eigenvalue weighted by Gasteiger charge is -1.85. The number of amides is 1. The van der Waals surface area contributed by atoms with Gasteiger partial charge in [-0.3, -0.25) is 4.79 Å². The molecule has 2 heterocycles. The van der Waals surface area contributed by atoms with Gasteiger partial charge in [0.05, 0.1) is 0 Å². The first-order chi connectivity index (χ1) is 5.70. The summed E-state index contributed by atoms with van der Waals surface area (Å²) >= 11 is 0. The zero-order valence-corrected chi connectivity index (χ0v) is 6.31. The van der Waals surface area contributed by atoms with Gasteiger partial charge in [0.1, 0.15) is 0 Å². The largest absolute Gasteiger partial charge is 0.439 e. The van der Waals surface area contributed by atoms with Gasteiger partial charge >= 0.3 is 0 Å². The van der Waals surface area contributed by atoms with E-state index >= 15 is 0 Å². The molecular formula is C6H6N4O2. The number of hydrogen-bond acceptors (Lipinski definition) is 4. The summed E-state index contributed by atoms with van der Waals surface area (Å²) in [6, 6.07) is 0. The average Bonchev–Trinajstić information content (AvgIpc) is 2.53. The van der Waals surface area contributed by atoms with Crippen LogP contribution >= 0.6 is 0 Å². The van der Waals surface area contributed by atoms with E-state index in [1.165, 1.54) is 11.1 Å². The highest BCUT2D eigenvalue weighted by atomic mass is 16.3. The van der Waals surface area contributed by atoms with Crippen molar-refractivity contribution in [3.63, 3.8) is 0 Å². The summed E-state index contributed by atoms with van der Waals surface area (Å²) in [6.45, 7) is 0. The molecule has 6 heteroatoms. The van der Waals surface area contributed by atoms with Crippen molar-refractivity contribution in [2.45, 2.75) is 0 Å². The Morgan fingerprint density at radius 3 is 3.17 bits per heavy atom. The normalized spacial score (nSPS) is 10.8. The van der Waals surface area contributed by atoms with E-state index in [1.807, 2.05) is 0 Å². The molecule has 12 heavy (non-hydrogen) atoms. The second-order valence-corrected chi connectivity index (χ2v) is 2.34. The lowest BCUT2D eigenvalue weighted by molar-refractivity contribution is 0.0995. The number of carbonyl (C=O) groups excluding carboxylic acids is 1. The van der Waals surface area contributed by atoms with Crippen molar-refractivity contribution >= 4 is 17.1 Å². The Bertz CT molecular complexity index is 441. The number of nitrogens with two attached hydrogens (primary N) is 1. The number of oxazole rings is 1. The summed E-state index contributed by atoms with van der Waals surface area (Å²) in [7, 11) is 1.66. The van der Waals surface area contributed by atoms with E-state index in [1.54, 1.807) is 7.05 Å². The molecule has 0 spiro atoms. The second-order valence-electron chi connectivity index (χ2n) is 2.34. The lowest BCUT2D eigenvalue weighted by Crippen LogP contribution is -2.12. The van der Waals surface area contributed by atoms with Crippen molar-refractivity contribution in [1.29, 1.82) is 0 Å². The molecular weight excluding hydrogens is 160 g/mol. The van der Waals surface area contributed by atoms with Crippen LogP contribution in [0.2, 0.25) is 0 Å². The highest BCUT2D eigenvalue weighted by Crippen LogP contribution is 2.14. The van der Waals surface area contributed by atoms with E-state index < -0.39 is 5.91 Å². The van der Waals surface area contributed by atoms with Gasteiger partial charge in [0.25, 0.3) is 5.91 Å². The predicted octanol–water partition coefficient (Wildman–Crippen LogP) is -0.340. The molecule has 0 aliphatic rings. The van der Waals surface area contributed by atoms with Crippen molar-refractivity contribution in [1.82, 2.24) is 14.8 Å². The standard InChI is InChI=1S/C6H6N4O2/c1-10-6-4(12-2-8-6)3(9-10)5(7)11/h2H,1H3,(H2,7,11). The summed E-state index contributed by atoms with van der Waals surface area (Å²) < 4.78 is 6.38. The van der Waals surface area contributed by atoms with E-state index in [-0.39, 0.29) is 5.69 Å². The molecule has 1 amide bonds. The molecule has 2 N–H and O–H groups in total. The van der Waals surface area contributed by atoms with Gasteiger partial charge in [0.2, 0.25) is 5.58 Å². The molecule has 0 radical (unpaired) electrons. The van der Waals surface area contributed by atoms with Crippen LogP contribution in [-0.4, -0.2) is 20.7 Å².